The van der Waals surface area contributed by atoms with E-state index in [1.807, 2.05) is 30.3 Å². The van der Waals surface area contributed by atoms with Crippen molar-refractivity contribution in [3.63, 3.8) is 0 Å². The predicted molar refractivity (Wildman–Crippen MR) is 104 cm³/mol. The van der Waals surface area contributed by atoms with Crippen LogP contribution >= 0.6 is 0 Å². The molecular formula is C20H26N4O2. The minimum Gasteiger partial charge on any atom is -0.393 e. The molecule has 0 spiro atoms. The number of urea groups is 1. The minimum atomic E-state index is -0.387. The van der Waals surface area contributed by atoms with Crippen molar-refractivity contribution in [1.29, 1.82) is 0 Å². The van der Waals surface area contributed by atoms with Gasteiger partial charge in [-0.3, -0.25) is 5.32 Å². The number of benzene rings is 2. The van der Waals surface area contributed by atoms with Gasteiger partial charge in [0.15, 0.2) is 5.96 Å². The Morgan fingerprint density at radius 3 is 2.77 bits per heavy atom. The van der Waals surface area contributed by atoms with Crippen LogP contribution in [0.3, 0.4) is 0 Å². The van der Waals surface area contributed by atoms with Gasteiger partial charge in [-0.1, -0.05) is 55.3 Å². The lowest BCUT2D eigenvalue weighted by Gasteiger charge is -2.27. The van der Waals surface area contributed by atoms with Gasteiger partial charge in [0.05, 0.1) is 12.6 Å². The van der Waals surface area contributed by atoms with Crippen molar-refractivity contribution in [3.05, 3.63) is 48.0 Å². The monoisotopic (exact) mass is 354 g/mol. The molecule has 3 rings (SSSR count). The van der Waals surface area contributed by atoms with Crippen LogP contribution in [-0.4, -0.2) is 29.7 Å². The van der Waals surface area contributed by atoms with Gasteiger partial charge in [0, 0.05) is 12.5 Å². The summed E-state index contributed by atoms with van der Waals surface area (Å²) in [7, 11) is 0. The largest absolute Gasteiger partial charge is 0.393 e. The van der Waals surface area contributed by atoms with E-state index in [0.717, 1.165) is 42.0 Å². The van der Waals surface area contributed by atoms with Crippen LogP contribution in [0.1, 0.15) is 31.2 Å². The van der Waals surface area contributed by atoms with E-state index in [1.54, 1.807) is 0 Å². The van der Waals surface area contributed by atoms with Crippen molar-refractivity contribution in [3.8, 4) is 0 Å². The number of carbonyl (C=O) groups excluding carboxylic acids is 1. The predicted octanol–water partition coefficient (Wildman–Crippen LogP) is 2.50. The van der Waals surface area contributed by atoms with Gasteiger partial charge >= 0.3 is 6.03 Å². The highest BCUT2D eigenvalue weighted by molar-refractivity contribution is 5.95. The highest BCUT2D eigenvalue weighted by atomic mass is 16.3. The van der Waals surface area contributed by atoms with Crippen LogP contribution in [-0.2, 0) is 6.54 Å². The second kappa shape index (κ2) is 8.67. The van der Waals surface area contributed by atoms with E-state index < -0.39 is 0 Å². The van der Waals surface area contributed by atoms with E-state index >= 15 is 0 Å². The summed E-state index contributed by atoms with van der Waals surface area (Å²) in [6, 6.07) is 13.7. The molecule has 0 bridgehead atoms. The Hall–Kier alpha value is -2.60. The molecule has 2 unspecified atom stereocenters. The normalized spacial score (nSPS) is 20.7. The van der Waals surface area contributed by atoms with Gasteiger partial charge in [-0.2, -0.15) is 0 Å². The van der Waals surface area contributed by atoms with Gasteiger partial charge in [-0.25, -0.2) is 9.79 Å². The molecule has 138 valence electrons. The zero-order valence-corrected chi connectivity index (χ0v) is 14.8. The lowest BCUT2D eigenvalue weighted by molar-refractivity contribution is 0.0710. The average Bonchev–Trinajstić information content (AvgIpc) is 2.65. The molecule has 0 saturated heterocycles. The second-order valence-corrected chi connectivity index (χ2v) is 6.79. The fourth-order valence-electron chi connectivity index (χ4n) is 3.45. The van der Waals surface area contributed by atoms with Crippen molar-refractivity contribution in [1.82, 2.24) is 10.6 Å². The molecule has 6 nitrogen and oxygen atoms in total. The van der Waals surface area contributed by atoms with Crippen LogP contribution in [0.25, 0.3) is 10.8 Å². The van der Waals surface area contributed by atoms with Crippen molar-refractivity contribution in [2.75, 3.05) is 6.54 Å². The first-order valence-corrected chi connectivity index (χ1v) is 9.13. The summed E-state index contributed by atoms with van der Waals surface area (Å²) in [5, 5.41) is 17.5. The highest BCUT2D eigenvalue weighted by Crippen LogP contribution is 2.23. The standard InChI is InChI=1S/C20H26N4O2/c21-19(24-20(26)23-13-16-7-2-4-11-18(16)25)22-12-15-9-5-8-14-6-1-3-10-17(14)15/h1,3,5-6,8-10,16,18,25H,2,4,7,11-13H2,(H4,21,22,23,24,26). The molecule has 26 heavy (non-hydrogen) atoms. The van der Waals surface area contributed by atoms with Crippen LogP contribution in [0, 0.1) is 5.92 Å². The van der Waals surface area contributed by atoms with Gasteiger partial charge in [0.2, 0.25) is 0 Å². The molecule has 1 fully saturated rings. The summed E-state index contributed by atoms with van der Waals surface area (Å²) >= 11 is 0. The van der Waals surface area contributed by atoms with E-state index in [9.17, 15) is 9.90 Å². The summed E-state index contributed by atoms with van der Waals surface area (Å²) in [6.07, 6.45) is 3.56. The van der Waals surface area contributed by atoms with Crippen LogP contribution < -0.4 is 16.4 Å². The summed E-state index contributed by atoms with van der Waals surface area (Å²) in [5.74, 6) is 0.197. The molecule has 6 heteroatoms. The Morgan fingerprint density at radius 2 is 1.92 bits per heavy atom. The van der Waals surface area contributed by atoms with E-state index in [4.69, 9.17) is 5.73 Å². The van der Waals surface area contributed by atoms with Gasteiger partial charge in [0.1, 0.15) is 0 Å². The van der Waals surface area contributed by atoms with Gasteiger partial charge in [-0.05, 0) is 29.2 Å². The number of aliphatic hydroxyl groups is 1. The summed E-state index contributed by atoms with van der Waals surface area (Å²) < 4.78 is 0. The first-order chi connectivity index (χ1) is 12.6. The smallest absolute Gasteiger partial charge is 0.321 e. The molecule has 5 N–H and O–H groups in total. The maximum Gasteiger partial charge on any atom is 0.321 e. The summed E-state index contributed by atoms with van der Waals surface area (Å²) in [5.41, 5.74) is 6.89. The molecule has 0 radical (unpaired) electrons. The Morgan fingerprint density at radius 1 is 1.15 bits per heavy atom. The quantitative estimate of drug-likeness (QED) is 0.501. The molecule has 1 aliphatic rings. The Balaban J connectivity index is 1.52. The van der Waals surface area contributed by atoms with Crippen molar-refractivity contribution < 1.29 is 9.90 Å². The summed E-state index contributed by atoms with van der Waals surface area (Å²) in [6.45, 7) is 0.846. The molecule has 1 saturated carbocycles. The number of carbonyl (C=O) groups is 1. The number of rotatable bonds is 4. The third-order valence-electron chi connectivity index (χ3n) is 4.94. The van der Waals surface area contributed by atoms with Crippen LogP contribution in [0.5, 0.6) is 0 Å². The van der Waals surface area contributed by atoms with Crippen LogP contribution in [0.15, 0.2) is 47.5 Å². The second-order valence-electron chi connectivity index (χ2n) is 6.79. The lowest BCUT2D eigenvalue weighted by Crippen LogP contribution is -2.46. The zero-order chi connectivity index (χ0) is 18.4. The van der Waals surface area contributed by atoms with Gasteiger partial charge in [-0.15, -0.1) is 0 Å². The molecule has 2 aromatic rings. The number of nitrogens with one attached hydrogen (secondary N) is 2. The number of nitrogens with zero attached hydrogens (tertiary/aromatic N) is 1. The number of guanidine groups is 1. The third kappa shape index (κ3) is 4.73. The molecule has 2 aromatic carbocycles. The first-order valence-electron chi connectivity index (χ1n) is 9.13. The Kier molecular flexibility index (Phi) is 6.07. The molecule has 2 atom stereocenters. The number of fused-ring (bicyclic) bond motifs is 1. The van der Waals surface area contributed by atoms with Gasteiger partial charge < -0.3 is 16.2 Å². The number of hydrogen-bond acceptors (Lipinski definition) is 3. The Bertz CT molecular complexity index is 785. The fourth-order valence-corrected chi connectivity index (χ4v) is 3.45. The maximum atomic E-state index is 12.0. The highest BCUT2D eigenvalue weighted by Gasteiger charge is 2.23. The number of hydrogen-bond donors (Lipinski definition) is 4. The molecule has 0 aliphatic heterocycles. The van der Waals surface area contributed by atoms with Crippen molar-refractivity contribution in [2.45, 2.75) is 38.3 Å². The van der Waals surface area contributed by atoms with E-state index in [-0.39, 0.29) is 24.0 Å². The van der Waals surface area contributed by atoms with E-state index in [2.05, 4.69) is 27.8 Å². The third-order valence-corrected chi connectivity index (χ3v) is 4.94. The van der Waals surface area contributed by atoms with Crippen molar-refractivity contribution >= 4 is 22.8 Å². The average molecular weight is 354 g/mol. The van der Waals surface area contributed by atoms with Gasteiger partial charge in [0.25, 0.3) is 0 Å². The molecule has 1 aliphatic carbocycles. The minimum absolute atomic E-state index is 0.0830. The molecule has 0 heterocycles. The number of nitrogens with two attached hydrogens (primary N) is 1. The summed E-state index contributed by atoms with van der Waals surface area (Å²) in [4.78, 5) is 16.2. The number of aliphatic imine (C=N–C) groups is 1. The SMILES string of the molecule is NC(=NCc1cccc2ccccc12)NC(=O)NCC1CCCCC1O. The fraction of sp³-hybridized carbons (Fsp3) is 0.400. The molecule has 0 aromatic heterocycles. The maximum absolute atomic E-state index is 12.0. The first kappa shape index (κ1) is 18.2. The zero-order valence-electron chi connectivity index (χ0n) is 14.8. The Labute approximate surface area is 153 Å². The number of amides is 2. The molecule has 2 amide bonds. The number of aliphatic hydroxyl groups excluding tert-OH is 1. The van der Waals surface area contributed by atoms with E-state index in [0.29, 0.717) is 13.1 Å². The lowest BCUT2D eigenvalue weighted by atomic mass is 9.86. The van der Waals surface area contributed by atoms with E-state index in [1.165, 1.54) is 0 Å². The van der Waals surface area contributed by atoms with Crippen molar-refractivity contribution in [2.24, 2.45) is 16.6 Å². The topological polar surface area (TPSA) is 99.7 Å². The van der Waals surface area contributed by atoms with Crippen LogP contribution in [0.4, 0.5) is 4.79 Å². The molecular weight excluding hydrogens is 328 g/mol. The van der Waals surface area contributed by atoms with Crippen LogP contribution in [0.2, 0.25) is 0 Å².